The molecule has 0 saturated carbocycles. The summed E-state index contributed by atoms with van der Waals surface area (Å²) in [5, 5.41) is 4.60. The first-order valence-corrected chi connectivity index (χ1v) is 10.5. The zero-order valence-electron chi connectivity index (χ0n) is 17.4. The third-order valence-electron chi connectivity index (χ3n) is 5.52. The first-order valence-electron chi connectivity index (χ1n) is 10.1. The number of ether oxygens (including phenoxy) is 1. The number of aromatic nitrogens is 2. The lowest BCUT2D eigenvalue weighted by Gasteiger charge is -2.40. The van der Waals surface area contributed by atoms with E-state index < -0.39 is 12.1 Å². The molecule has 156 valence electrons. The molecule has 6 nitrogen and oxygen atoms in total. The summed E-state index contributed by atoms with van der Waals surface area (Å²) in [5.41, 5.74) is 1.71. The molecule has 1 amide bonds. The van der Waals surface area contributed by atoms with Crippen molar-refractivity contribution >= 4 is 23.5 Å². The highest BCUT2D eigenvalue weighted by Crippen LogP contribution is 2.25. The number of rotatable bonds is 5. The molecule has 1 aliphatic heterocycles. The Morgan fingerprint density at radius 3 is 2.45 bits per heavy atom. The van der Waals surface area contributed by atoms with Gasteiger partial charge in [0.2, 0.25) is 0 Å². The van der Waals surface area contributed by atoms with Crippen molar-refractivity contribution in [2.75, 3.05) is 0 Å². The van der Waals surface area contributed by atoms with E-state index in [2.05, 4.69) is 5.10 Å². The van der Waals surface area contributed by atoms with Crippen LogP contribution in [0.2, 0.25) is 5.15 Å². The Labute approximate surface area is 176 Å². The van der Waals surface area contributed by atoms with Gasteiger partial charge < -0.3 is 9.64 Å². The lowest BCUT2D eigenvalue weighted by Crippen LogP contribution is -2.51. The van der Waals surface area contributed by atoms with Gasteiger partial charge in [0.25, 0.3) is 5.91 Å². The molecule has 2 aromatic rings. The van der Waals surface area contributed by atoms with Gasteiger partial charge in [-0.1, -0.05) is 41.9 Å². The van der Waals surface area contributed by atoms with Crippen molar-refractivity contribution in [2.45, 2.75) is 71.7 Å². The second-order valence-electron chi connectivity index (χ2n) is 7.82. The molecule has 0 N–H and O–H groups in total. The molecule has 0 spiro atoms. The number of halogens is 1. The van der Waals surface area contributed by atoms with Crippen LogP contribution < -0.4 is 0 Å². The van der Waals surface area contributed by atoms with Crippen LogP contribution in [0.3, 0.4) is 0 Å². The molecule has 1 aromatic heterocycles. The summed E-state index contributed by atoms with van der Waals surface area (Å²) >= 11 is 6.44. The molecule has 0 radical (unpaired) electrons. The van der Waals surface area contributed by atoms with Crippen LogP contribution in [0.15, 0.2) is 30.3 Å². The van der Waals surface area contributed by atoms with Crippen molar-refractivity contribution in [1.29, 1.82) is 0 Å². The third-order valence-corrected chi connectivity index (χ3v) is 5.91. The maximum atomic E-state index is 12.9. The Morgan fingerprint density at radius 2 is 1.83 bits per heavy atom. The molecule has 1 aliphatic rings. The standard InChI is InChI=1S/C22H28ClN3O3/c1-14-9-8-10-15(2)26(14)21(27)17(4)29-22(28)19-16(3)24-25(20(19)23)13-18-11-6-5-7-12-18/h5-7,11-12,14-15,17H,8-10,13H2,1-4H3/t14-,15+,17-/m0/s1. The SMILES string of the molecule is Cc1nn(Cc2ccccc2)c(Cl)c1C(=O)O[C@@H](C)C(=O)N1[C@H](C)CCC[C@@H]1C. The molecular formula is C22H28ClN3O3. The quantitative estimate of drug-likeness (QED) is 0.683. The van der Waals surface area contributed by atoms with Gasteiger partial charge in [-0.15, -0.1) is 0 Å². The minimum atomic E-state index is -0.876. The normalized spacial score (nSPS) is 20.4. The number of nitrogens with zero attached hydrogens (tertiary/aromatic N) is 3. The molecule has 1 aromatic carbocycles. The van der Waals surface area contributed by atoms with Crippen molar-refractivity contribution in [3.63, 3.8) is 0 Å². The number of carbonyl (C=O) groups is 2. The van der Waals surface area contributed by atoms with E-state index in [0.717, 1.165) is 24.8 Å². The van der Waals surface area contributed by atoms with Crippen molar-refractivity contribution in [3.05, 3.63) is 52.3 Å². The minimum absolute atomic E-state index is 0.145. The van der Waals surface area contributed by atoms with Crippen LogP contribution in [0, 0.1) is 6.92 Å². The average Bonchev–Trinajstić information content (AvgIpc) is 2.95. The molecule has 3 rings (SSSR count). The Bertz CT molecular complexity index is 871. The predicted molar refractivity (Wildman–Crippen MR) is 112 cm³/mol. The number of hydrogen-bond acceptors (Lipinski definition) is 4. The fourth-order valence-corrected chi connectivity index (χ4v) is 4.29. The first kappa shape index (κ1) is 21.4. The van der Waals surface area contributed by atoms with Gasteiger partial charge in [0, 0.05) is 12.1 Å². The highest BCUT2D eigenvalue weighted by atomic mass is 35.5. The van der Waals surface area contributed by atoms with Gasteiger partial charge in [-0.25, -0.2) is 9.48 Å². The van der Waals surface area contributed by atoms with Crippen LogP contribution in [-0.4, -0.2) is 44.7 Å². The van der Waals surface area contributed by atoms with Gasteiger partial charge in [0.1, 0.15) is 10.7 Å². The van der Waals surface area contributed by atoms with Gasteiger partial charge in [-0.05, 0) is 52.5 Å². The Hall–Kier alpha value is -2.34. The maximum absolute atomic E-state index is 12.9. The second-order valence-corrected chi connectivity index (χ2v) is 8.17. The summed E-state index contributed by atoms with van der Waals surface area (Å²) in [6, 6.07) is 10.0. The van der Waals surface area contributed by atoms with Crippen LogP contribution >= 0.6 is 11.6 Å². The number of amides is 1. The monoisotopic (exact) mass is 417 g/mol. The number of likely N-dealkylation sites (tertiary alicyclic amines) is 1. The van der Waals surface area contributed by atoms with E-state index in [-0.39, 0.29) is 28.7 Å². The summed E-state index contributed by atoms with van der Waals surface area (Å²) in [6.07, 6.45) is 2.16. The zero-order valence-corrected chi connectivity index (χ0v) is 18.1. The number of benzene rings is 1. The Balaban J connectivity index is 1.72. The van der Waals surface area contributed by atoms with E-state index in [9.17, 15) is 9.59 Å². The summed E-state index contributed by atoms with van der Waals surface area (Å²) in [7, 11) is 0. The van der Waals surface area contributed by atoms with Crippen molar-refractivity contribution in [1.82, 2.24) is 14.7 Å². The Kier molecular flexibility index (Phi) is 6.63. The van der Waals surface area contributed by atoms with Crippen molar-refractivity contribution in [3.8, 4) is 0 Å². The van der Waals surface area contributed by atoms with E-state index in [1.165, 1.54) is 0 Å². The average molecular weight is 418 g/mol. The number of carbonyl (C=O) groups excluding carboxylic acids is 2. The fourth-order valence-electron chi connectivity index (χ4n) is 3.98. The molecule has 0 bridgehead atoms. The van der Waals surface area contributed by atoms with Crippen LogP contribution in [-0.2, 0) is 16.1 Å². The zero-order chi connectivity index (χ0) is 21.1. The fraction of sp³-hybridized carbons (Fsp3) is 0.500. The molecular weight excluding hydrogens is 390 g/mol. The summed E-state index contributed by atoms with van der Waals surface area (Å²) in [4.78, 5) is 27.5. The number of esters is 1. The summed E-state index contributed by atoms with van der Waals surface area (Å²) in [6.45, 7) is 7.86. The lowest BCUT2D eigenvalue weighted by atomic mass is 9.97. The smallest absolute Gasteiger partial charge is 0.343 e. The van der Waals surface area contributed by atoms with Gasteiger partial charge in [-0.2, -0.15) is 5.10 Å². The summed E-state index contributed by atoms with van der Waals surface area (Å²) in [5.74, 6) is -0.784. The molecule has 0 aliphatic carbocycles. The third kappa shape index (κ3) is 4.64. The second kappa shape index (κ2) is 8.99. The van der Waals surface area contributed by atoms with E-state index >= 15 is 0 Å². The molecule has 0 unspecified atom stereocenters. The topological polar surface area (TPSA) is 64.4 Å². The molecule has 7 heteroatoms. The largest absolute Gasteiger partial charge is 0.449 e. The molecule has 29 heavy (non-hydrogen) atoms. The first-order chi connectivity index (χ1) is 13.8. The predicted octanol–water partition coefficient (Wildman–Crippen LogP) is 4.23. The van der Waals surface area contributed by atoms with Crippen LogP contribution in [0.25, 0.3) is 0 Å². The van der Waals surface area contributed by atoms with Gasteiger partial charge in [0.15, 0.2) is 6.10 Å². The summed E-state index contributed by atoms with van der Waals surface area (Å²) < 4.78 is 7.08. The van der Waals surface area contributed by atoms with E-state index in [1.807, 2.05) is 49.1 Å². The van der Waals surface area contributed by atoms with E-state index in [4.69, 9.17) is 16.3 Å². The van der Waals surface area contributed by atoms with Crippen molar-refractivity contribution in [2.24, 2.45) is 0 Å². The maximum Gasteiger partial charge on any atom is 0.343 e. The van der Waals surface area contributed by atoms with E-state index in [1.54, 1.807) is 18.5 Å². The highest BCUT2D eigenvalue weighted by molar-refractivity contribution is 6.32. The number of aryl methyl sites for hydroxylation is 1. The minimum Gasteiger partial charge on any atom is -0.449 e. The number of hydrogen-bond donors (Lipinski definition) is 0. The van der Waals surface area contributed by atoms with Crippen LogP contribution in [0.1, 0.15) is 61.6 Å². The van der Waals surface area contributed by atoms with Gasteiger partial charge >= 0.3 is 5.97 Å². The molecule has 1 saturated heterocycles. The van der Waals surface area contributed by atoms with Crippen LogP contribution in [0.4, 0.5) is 0 Å². The van der Waals surface area contributed by atoms with Gasteiger partial charge in [-0.3, -0.25) is 4.79 Å². The lowest BCUT2D eigenvalue weighted by molar-refractivity contribution is -0.146. The van der Waals surface area contributed by atoms with E-state index in [0.29, 0.717) is 12.2 Å². The van der Waals surface area contributed by atoms with Gasteiger partial charge in [0.05, 0.1) is 12.2 Å². The van der Waals surface area contributed by atoms with Crippen LogP contribution in [0.5, 0.6) is 0 Å². The highest BCUT2D eigenvalue weighted by Gasteiger charge is 2.34. The number of piperidine rings is 1. The van der Waals surface area contributed by atoms with Crippen molar-refractivity contribution < 1.29 is 14.3 Å². The molecule has 1 fully saturated rings. The molecule has 2 heterocycles. The Morgan fingerprint density at radius 1 is 1.21 bits per heavy atom. The molecule has 3 atom stereocenters.